The molecule has 0 aromatic heterocycles. The van der Waals surface area contributed by atoms with Crippen molar-refractivity contribution in [3.05, 3.63) is 0 Å². The summed E-state index contributed by atoms with van der Waals surface area (Å²) in [5.74, 6) is -3.31. The van der Waals surface area contributed by atoms with Gasteiger partial charge in [-0.3, -0.25) is 0 Å². The number of hydrogen-bond acceptors (Lipinski definition) is 3. The molecular weight excluding hydrogens is 226 g/mol. The molecule has 1 unspecified atom stereocenters. The third-order valence-electron chi connectivity index (χ3n) is 2.65. The summed E-state index contributed by atoms with van der Waals surface area (Å²) in [5.41, 5.74) is 0. The van der Waals surface area contributed by atoms with Crippen LogP contribution in [0, 0.1) is 5.92 Å². The van der Waals surface area contributed by atoms with Crippen molar-refractivity contribution in [2.75, 3.05) is 13.1 Å². The molecule has 15 heavy (non-hydrogen) atoms. The van der Waals surface area contributed by atoms with Crippen LogP contribution in [0.4, 0.5) is 8.78 Å². The van der Waals surface area contributed by atoms with E-state index in [0.29, 0.717) is 25.9 Å². The molecule has 1 aliphatic rings. The van der Waals surface area contributed by atoms with E-state index in [-0.39, 0.29) is 5.92 Å². The topological polar surface area (TPSA) is 58.2 Å². The third kappa shape index (κ3) is 4.00. The second-order valence-corrected chi connectivity index (χ2v) is 4.68. The van der Waals surface area contributed by atoms with Crippen molar-refractivity contribution in [3.8, 4) is 0 Å². The van der Waals surface area contributed by atoms with Gasteiger partial charge >= 0.3 is 0 Å². The molecule has 0 aliphatic carbocycles. The van der Waals surface area contributed by atoms with Gasteiger partial charge in [-0.05, 0) is 31.8 Å². The van der Waals surface area contributed by atoms with E-state index in [4.69, 9.17) is 0 Å². The van der Waals surface area contributed by atoms with Crippen LogP contribution >= 0.6 is 0 Å². The maximum atomic E-state index is 13.2. The smallest absolute Gasteiger partial charge is 0.261 e. The Morgan fingerprint density at radius 1 is 1.40 bits per heavy atom. The highest BCUT2D eigenvalue weighted by Crippen LogP contribution is 2.28. The number of rotatable bonds is 4. The summed E-state index contributed by atoms with van der Waals surface area (Å²) >= 11 is 0. The van der Waals surface area contributed by atoms with E-state index in [2.05, 4.69) is 5.32 Å². The van der Waals surface area contributed by atoms with Crippen LogP contribution in [-0.4, -0.2) is 33.5 Å². The first-order valence-corrected chi connectivity index (χ1v) is 6.08. The zero-order valence-corrected chi connectivity index (χ0v) is 9.40. The zero-order chi connectivity index (χ0) is 11.5. The molecule has 0 amide bonds. The van der Waals surface area contributed by atoms with Gasteiger partial charge in [0, 0.05) is 6.92 Å². The Morgan fingerprint density at radius 3 is 2.33 bits per heavy atom. The summed E-state index contributed by atoms with van der Waals surface area (Å²) in [7, 11) is -2.98. The number of hydrogen-bond donors (Lipinski definition) is 3. The Hall–Kier alpha value is -0.270. The van der Waals surface area contributed by atoms with Crippen molar-refractivity contribution in [1.82, 2.24) is 10.0 Å². The Bertz CT molecular complexity index is 264. The van der Waals surface area contributed by atoms with Gasteiger partial charge in [-0.25, -0.2) is 21.9 Å². The summed E-state index contributed by atoms with van der Waals surface area (Å²) < 4.78 is 49.3. The van der Waals surface area contributed by atoms with Gasteiger partial charge in [0.1, 0.15) is 0 Å². The molecule has 1 saturated heterocycles. The lowest BCUT2D eigenvalue weighted by Crippen LogP contribution is -2.50. The number of nitrogens with one attached hydrogen (secondary N) is 2. The van der Waals surface area contributed by atoms with E-state index in [0.717, 1.165) is 6.92 Å². The van der Waals surface area contributed by atoms with Crippen molar-refractivity contribution < 1.29 is 17.2 Å². The van der Waals surface area contributed by atoms with Crippen LogP contribution in [0.2, 0.25) is 0 Å². The van der Waals surface area contributed by atoms with Crippen LogP contribution in [0.1, 0.15) is 19.8 Å². The zero-order valence-electron chi connectivity index (χ0n) is 8.50. The molecule has 0 aromatic rings. The van der Waals surface area contributed by atoms with Gasteiger partial charge in [0.15, 0.2) is 0 Å². The molecule has 7 heteroatoms. The lowest BCUT2D eigenvalue weighted by atomic mass is 9.88. The minimum atomic E-state index is -3.02. The lowest BCUT2D eigenvalue weighted by molar-refractivity contribution is -0.0346. The number of thiol groups is 1. The second kappa shape index (κ2) is 5.18. The predicted molar refractivity (Wildman–Crippen MR) is 53.5 cm³/mol. The van der Waals surface area contributed by atoms with E-state index in [1.54, 1.807) is 0 Å². The molecule has 1 heterocycles. The predicted octanol–water partition coefficient (Wildman–Crippen LogP) is 0.126. The van der Waals surface area contributed by atoms with Crippen molar-refractivity contribution in [3.63, 3.8) is 0 Å². The van der Waals surface area contributed by atoms with Crippen molar-refractivity contribution >= 4 is 10.9 Å². The van der Waals surface area contributed by atoms with Crippen LogP contribution in [0.5, 0.6) is 0 Å². The fourth-order valence-electron chi connectivity index (χ4n) is 1.92. The molecule has 2 N–H and O–H groups in total. The maximum Gasteiger partial charge on any atom is 0.261 e. The van der Waals surface area contributed by atoms with Gasteiger partial charge < -0.3 is 5.32 Å². The summed E-state index contributed by atoms with van der Waals surface area (Å²) in [6.45, 7) is 2.08. The van der Waals surface area contributed by atoms with Gasteiger partial charge in [0.25, 0.3) is 5.92 Å². The molecule has 0 radical (unpaired) electrons. The van der Waals surface area contributed by atoms with E-state index in [1.165, 1.54) is 0 Å². The molecule has 1 fully saturated rings. The Kier molecular flexibility index (Phi) is 4.42. The summed E-state index contributed by atoms with van der Waals surface area (Å²) in [4.78, 5) is 0. The van der Waals surface area contributed by atoms with Crippen molar-refractivity contribution in [1.29, 1.82) is 0 Å². The average Bonchev–Trinajstić information content (AvgIpc) is 2.14. The van der Waals surface area contributed by atoms with Crippen LogP contribution in [0.15, 0.2) is 0 Å². The molecule has 0 saturated carbocycles. The van der Waals surface area contributed by atoms with Gasteiger partial charge in [0.05, 0.1) is 6.04 Å². The number of piperidine rings is 1. The van der Waals surface area contributed by atoms with E-state index in [1.807, 2.05) is 4.72 Å². The summed E-state index contributed by atoms with van der Waals surface area (Å²) in [6, 6.07) is -1.28. The third-order valence-corrected chi connectivity index (χ3v) is 3.13. The Balaban J connectivity index is 2.70. The molecule has 1 atom stereocenters. The highest BCUT2D eigenvalue weighted by Gasteiger charge is 2.40. The normalized spacial score (nSPS) is 21.9. The van der Waals surface area contributed by atoms with Gasteiger partial charge in [0.2, 0.25) is 10.9 Å². The summed E-state index contributed by atoms with van der Waals surface area (Å²) in [5, 5.41) is 3.05. The number of alkyl halides is 2. The van der Waals surface area contributed by atoms with Crippen molar-refractivity contribution in [2.45, 2.75) is 31.7 Å². The monoisotopic (exact) mass is 242 g/mol. The van der Waals surface area contributed by atoms with E-state index >= 15 is 0 Å². The van der Waals surface area contributed by atoms with Gasteiger partial charge in [-0.2, -0.15) is 0 Å². The lowest BCUT2D eigenvalue weighted by Gasteiger charge is -2.33. The van der Waals surface area contributed by atoms with Crippen LogP contribution in [0.3, 0.4) is 0 Å². The SMILES string of the molecule is CC(F)(F)C(N[SH](=O)=O)C1CCNCC1. The highest BCUT2D eigenvalue weighted by molar-refractivity contribution is 7.70. The minimum absolute atomic E-state index is 0.292. The Labute approximate surface area is 89.5 Å². The van der Waals surface area contributed by atoms with Crippen LogP contribution < -0.4 is 10.0 Å². The van der Waals surface area contributed by atoms with E-state index < -0.39 is 22.9 Å². The number of halogens is 2. The first kappa shape index (κ1) is 12.8. The molecule has 1 rings (SSSR count). The van der Waals surface area contributed by atoms with Gasteiger partial charge in [-0.1, -0.05) is 0 Å². The molecule has 0 bridgehead atoms. The Morgan fingerprint density at radius 2 is 1.93 bits per heavy atom. The minimum Gasteiger partial charge on any atom is -0.317 e. The average molecular weight is 242 g/mol. The van der Waals surface area contributed by atoms with E-state index in [9.17, 15) is 17.2 Å². The molecule has 0 spiro atoms. The molecule has 1 aliphatic heterocycles. The molecule has 4 nitrogen and oxygen atoms in total. The first-order chi connectivity index (χ1) is 6.91. The summed E-state index contributed by atoms with van der Waals surface area (Å²) in [6.07, 6.45) is 1.15. The maximum absolute atomic E-state index is 13.2. The molecule has 90 valence electrons. The fraction of sp³-hybridized carbons (Fsp3) is 1.00. The van der Waals surface area contributed by atoms with Crippen LogP contribution in [0.25, 0.3) is 0 Å². The fourth-order valence-corrected chi connectivity index (χ4v) is 2.59. The highest BCUT2D eigenvalue weighted by atomic mass is 32.2. The molecular formula is C8H16F2N2O2S. The first-order valence-electron chi connectivity index (χ1n) is 4.90. The van der Waals surface area contributed by atoms with Gasteiger partial charge in [-0.15, -0.1) is 0 Å². The van der Waals surface area contributed by atoms with Crippen molar-refractivity contribution in [2.24, 2.45) is 5.92 Å². The molecule has 0 aromatic carbocycles. The quantitative estimate of drug-likeness (QED) is 0.614. The standard InChI is InChI=1S/C8H16F2N2O2S/c1-8(9,10)7(12-15(13)14)6-2-4-11-5-3-6/h6-7,11,15H,2-5H2,1H3,(H,12,13,14). The largest absolute Gasteiger partial charge is 0.317 e. The van der Waals surface area contributed by atoms with Crippen LogP contribution in [-0.2, 0) is 10.9 Å². The second-order valence-electron chi connectivity index (χ2n) is 3.91.